The van der Waals surface area contributed by atoms with Gasteiger partial charge >= 0.3 is 0 Å². The van der Waals surface area contributed by atoms with E-state index in [0.29, 0.717) is 0 Å². The molecular formula is C20H20IrNO2-. The molecule has 1 radical (unpaired) electrons. The van der Waals surface area contributed by atoms with Crippen molar-refractivity contribution in [2.45, 2.75) is 26.4 Å². The van der Waals surface area contributed by atoms with E-state index in [9.17, 15) is 4.79 Å². The molecule has 24 heavy (non-hydrogen) atoms. The molecule has 2 aromatic carbocycles. The Kier molecular flexibility index (Phi) is 8.48. The van der Waals surface area contributed by atoms with E-state index in [1.165, 1.54) is 12.3 Å². The molecule has 0 aliphatic rings. The number of hydrogen-bond acceptors (Lipinski definition) is 3. The van der Waals surface area contributed by atoms with E-state index >= 15 is 0 Å². The van der Waals surface area contributed by atoms with Crippen molar-refractivity contribution in [3.8, 4) is 11.3 Å². The average molecular weight is 499 g/mol. The van der Waals surface area contributed by atoms with Crippen molar-refractivity contribution in [3.63, 3.8) is 0 Å². The number of Topliss-reactive ketones (excluding diaryl/α,β-unsaturated/α-hetero) is 1. The molecule has 1 N–H and O–H groups in total. The van der Waals surface area contributed by atoms with Crippen molar-refractivity contribution in [3.05, 3.63) is 66.7 Å². The number of aromatic nitrogens is 1. The van der Waals surface area contributed by atoms with Gasteiger partial charge in [-0.25, -0.2) is 0 Å². The Hall–Kier alpha value is -1.87. The second-order valence-corrected chi connectivity index (χ2v) is 5.42. The van der Waals surface area contributed by atoms with E-state index in [-0.39, 0.29) is 32.3 Å². The number of rotatable bonds is 3. The minimum absolute atomic E-state index is 0. The SMILES string of the molecule is CC(=O)CC(C)O.[Ir].[c-]1ccccc1-c1ccc2ccccc2n1. The number of carbonyl (C=O) groups is 1. The van der Waals surface area contributed by atoms with Crippen molar-refractivity contribution in [2.75, 3.05) is 0 Å². The van der Waals surface area contributed by atoms with Crippen LogP contribution in [0.15, 0.2) is 60.7 Å². The molecule has 4 heteroatoms. The molecule has 3 nitrogen and oxygen atoms in total. The summed E-state index contributed by atoms with van der Waals surface area (Å²) in [6, 6.07) is 23.4. The first-order valence-electron chi connectivity index (χ1n) is 7.56. The first kappa shape index (κ1) is 20.2. The largest absolute Gasteiger partial charge is 0.393 e. The van der Waals surface area contributed by atoms with E-state index in [1.54, 1.807) is 6.92 Å². The molecule has 1 unspecified atom stereocenters. The van der Waals surface area contributed by atoms with Gasteiger partial charge in [-0.1, -0.05) is 30.3 Å². The predicted molar refractivity (Wildman–Crippen MR) is 93.0 cm³/mol. The summed E-state index contributed by atoms with van der Waals surface area (Å²) in [6.07, 6.45) is -0.197. The van der Waals surface area contributed by atoms with Gasteiger partial charge in [0.15, 0.2) is 0 Å². The zero-order valence-electron chi connectivity index (χ0n) is 13.7. The zero-order valence-corrected chi connectivity index (χ0v) is 16.1. The number of carbonyl (C=O) groups excluding carboxylic acids is 1. The first-order chi connectivity index (χ1) is 11.1. The van der Waals surface area contributed by atoms with Gasteiger partial charge in [0, 0.05) is 26.5 Å². The topological polar surface area (TPSA) is 50.2 Å². The zero-order chi connectivity index (χ0) is 16.7. The van der Waals surface area contributed by atoms with Crippen molar-refractivity contribution < 1.29 is 30.0 Å². The maximum absolute atomic E-state index is 10.1. The number of hydrogen-bond donors (Lipinski definition) is 1. The molecule has 0 saturated carbocycles. The summed E-state index contributed by atoms with van der Waals surface area (Å²) in [5, 5.41) is 9.67. The maximum Gasteiger partial charge on any atom is 0.132 e. The molecule has 0 amide bonds. The fourth-order valence-corrected chi connectivity index (χ4v) is 2.18. The molecule has 1 aromatic heterocycles. The number of para-hydroxylation sites is 1. The van der Waals surface area contributed by atoms with Crippen LogP contribution in [0.2, 0.25) is 0 Å². The number of aliphatic hydroxyl groups is 1. The summed E-state index contributed by atoms with van der Waals surface area (Å²) < 4.78 is 0. The molecular weight excluding hydrogens is 478 g/mol. The van der Waals surface area contributed by atoms with Gasteiger partial charge in [-0.15, -0.1) is 35.9 Å². The van der Waals surface area contributed by atoms with Crippen molar-refractivity contribution in [2.24, 2.45) is 0 Å². The molecule has 1 atom stereocenters. The number of nitrogens with zero attached hydrogens (tertiary/aromatic N) is 1. The van der Waals surface area contributed by atoms with E-state index in [4.69, 9.17) is 5.11 Å². The predicted octanol–water partition coefficient (Wildman–Crippen LogP) is 4.05. The van der Waals surface area contributed by atoms with Crippen LogP contribution in [0.5, 0.6) is 0 Å². The standard InChI is InChI=1S/C15H10N.C5H10O2.Ir/c1-2-6-12(7-3-1)15-11-10-13-8-4-5-9-14(13)16-15;1-4(6)3-5(2)7;/h1-6,8-11H;4,6H,3H2,1-2H3;/q-1;;. The number of benzene rings is 2. The molecule has 0 saturated heterocycles. The van der Waals surface area contributed by atoms with E-state index < -0.39 is 6.10 Å². The van der Waals surface area contributed by atoms with Crippen LogP contribution in [-0.2, 0) is 24.9 Å². The monoisotopic (exact) mass is 499 g/mol. The molecule has 3 rings (SSSR count). The molecule has 1 heterocycles. The second-order valence-electron chi connectivity index (χ2n) is 5.42. The quantitative estimate of drug-likeness (QED) is 0.555. The Balaban J connectivity index is 0.000000312. The van der Waals surface area contributed by atoms with Gasteiger partial charge < -0.3 is 5.11 Å². The third-order valence-electron chi connectivity index (χ3n) is 3.17. The summed E-state index contributed by atoms with van der Waals surface area (Å²) in [5.74, 6) is 0.0370. The van der Waals surface area contributed by atoms with Gasteiger partial charge in [0.2, 0.25) is 0 Å². The van der Waals surface area contributed by atoms with Crippen LogP contribution in [0.3, 0.4) is 0 Å². The molecule has 127 valence electrons. The Morgan fingerprint density at radius 1 is 1.12 bits per heavy atom. The summed E-state index contributed by atoms with van der Waals surface area (Å²) >= 11 is 0. The second kappa shape index (κ2) is 10.1. The van der Waals surface area contributed by atoms with Gasteiger partial charge in [-0.05, 0) is 31.0 Å². The third-order valence-corrected chi connectivity index (χ3v) is 3.17. The Morgan fingerprint density at radius 3 is 2.42 bits per heavy atom. The van der Waals surface area contributed by atoms with Crippen molar-refractivity contribution >= 4 is 16.7 Å². The van der Waals surface area contributed by atoms with Crippen LogP contribution >= 0.6 is 0 Å². The molecule has 0 bridgehead atoms. The Bertz CT molecular complexity index is 773. The van der Waals surface area contributed by atoms with Crippen LogP contribution in [0.1, 0.15) is 20.3 Å². The van der Waals surface area contributed by atoms with Crippen molar-refractivity contribution in [1.29, 1.82) is 0 Å². The summed E-state index contributed by atoms with van der Waals surface area (Å²) in [7, 11) is 0. The van der Waals surface area contributed by atoms with Crippen LogP contribution < -0.4 is 0 Å². The fraction of sp³-hybridized carbons (Fsp3) is 0.200. The van der Waals surface area contributed by atoms with Crippen LogP contribution in [-0.4, -0.2) is 22.0 Å². The average Bonchev–Trinajstić information content (AvgIpc) is 2.54. The Morgan fingerprint density at radius 2 is 1.83 bits per heavy atom. The minimum Gasteiger partial charge on any atom is -0.393 e. The minimum atomic E-state index is -0.475. The fourth-order valence-electron chi connectivity index (χ4n) is 2.18. The first-order valence-corrected chi connectivity index (χ1v) is 7.56. The van der Waals surface area contributed by atoms with Gasteiger partial charge in [0.1, 0.15) is 5.78 Å². The molecule has 0 fully saturated rings. The maximum atomic E-state index is 10.1. The molecule has 0 spiro atoms. The number of ketones is 1. The summed E-state index contributed by atoms with van der Waals surface area (Å²) in [4.78, 5) is 14.7. The van der Waals surface area contributed by atoms with E-state index in [1.807, 2.05) is 48.5 Å². The normalized spacial score (nSPS) is 11.0. The van der Waals surface area contributed by atoms with E-state index in [2.05, 4.69) is 23.2 Å². The van der Waals surface area contributed by atoms with Gasteiger partial charge in [0.05, 0.1) is 11.6 Å². The number of fused-ring (bicyclic) bond motifs is 1. The van der Waals surface area contributed by atoms with Crippen LogP contribution in [0.4, 0.5) is 0 Å². The molecule has 3 aromatic rings. The summed E-state index contributed by atoms with van der Waals surface area (Å²) in [6.45, 7) is 3.06. The third kappa shape index (κ3) is 6.32. The van der Waals surface area contributed by atoms with Gasteiger partial charge in [0.25, 0.3) is 0 Å². The van der Waals surface area contributed by atoms with Crippen molar-refractivity contribution in [1.82, 2.24) is 4.98 Å². The van der Waals surface area contributed by atoms with Crippen LogP contribution in [0.25, 0.3) is 22.2 Å². The molecule has 0 aliphatic heterocycles. The van der Waals surface area contributed by atoms with Gasteiger partial charge in [-0.3, -0.25) is 9.78 Å². The molecule has 0 aliphatic carbocycles. The smallest absolute Gasteiger partial charge is 0.132 e. The Labute approximate surface area is 156 Å². The number of aliphatic hydroxyl groups excluding tert-OH is 1. The van der Waals surface area contributed by atoms with Gasteiger partial charge in [-0.2, -0.15) is 0 Å². The van der Waals surface area contributed by atoms with Crippen LogP contribution in [0, 0.1) is 6.07 Å². The van der Waals surface area contributed by atoms with E-state index in [0.717, 1.165) is 16.8 Å². The summed E-state index contributed by atoms with van der Waals surface area (Å²) in [5.41, 5.74) is 3.03. The number of pyridine rings is 1.